The van der Waals surface area contributed by atoms with Crippen molar-refractivity contribution >= 4 is 57.4 Å². The first kappa shape index (κ1) is 54.0. The molecule has 2 fully saturated rings. The van der Waals surface area contributed by atoms with Gasteiger partial charge in [-0.3, -0.25) is 0 Å². The molecule has 0 saturated carbocycles. The minimum atomic E-state index is -0.578. The summed E-state index contributed by atoms with van der Waals surface area (Å²) in [6.45, 7) is 16.9. The normalized spacial score (nSPS) is 18.6. The summed E-state index contributed by atoms with van der Waals surface area (Å²) in [6.07, 6.45) is 11.2. The van der Waals surface area contributed by atoms with Crippen molar-refractivity contribution in [2.24, 2.45) is 0 Å². The van der Waals surface area contributed by atoms with Crippen molar-refractivity contribution in [1.82, 2.24) is 39.6 Å². The van der Waals surface area contributed by atoms with Gasteiger partial charge < -0.3 is 56.8 Å². The number of halogens is 2. The number of likely N-dealkylation sites (N-methyl/N-ethyl adjacent to an activating group) is 1. The van der Waals surface area contributed by atoms with Crippen molar-refractivity contribution in [3.63, 3.8) is 0 Å². The Morgan fingerprint density at radius 1 is 0.778 bits per heavy atom. The summed E-state index contributed by atoms with van der Waals surface area (Å²) < 4.78 is 50.3. The molecule has 6 heterocycles. The first-order valence-electron chi connectivity index (χ1n) is 20.6. The van der Waals surface area contributed by atoms with Gasteiger partial charge in [0.2, 0.25) is 0 Å². The van der Waals surface area contributed by atoms with Gasteiger partial charge in [-0.1, -0.05) is 25.2 Å². The van der Waals surface area contributed by atoms with Crippen molar-refractivity contribution < 1.29 is 47.1 Å². The molecular weight excluding hydrogens is 1040 g/mol. The van der Waals surface area contributed by atoms with E-state index in [2.05, 4.69) is 70.8 Å². The zero-order valence-corrected chi connectivity index (χ0v) is 40.8. The van der Waals surface area contributed by atoms with Gasteiger partial charge in [-0.25, -0.2) is 19.6 Å². The summed E-state index contributed by atoms with van der Waals surface area (Å²) >= 11 is 4.14. The van der Waals surface area contributed by atoms with Crippen LogP contribution < -0.4 is 5.32 Å². The molecule has 2 saturated heterocycles. The Hall–Kier alpha value is -3.32. The number of carbonyl (C=O) groups excluding carboxylic acids is 2. The summed E-state index contributed by atoms with van der Waals surface area (Å²) in [6, 6.07) is 3.04. The molecular formula is C43H68I2N8O10. The van der Waals surface area contributed by atoms with Crippen LogP contribution in [0.5, 0.6) is 0 Å². The molecule has 6 atom stereocenters. The van der Waals surface area contributed by atoms with E-state index in [9.17, 15) is 9.59 Å². The predicted molar refractivity (Wildman–Crippen MR) is 252 cm³/mol. The Bertz CT molecular complexity index is 1960. The molecule has 2 amide bonds. The van der Waals surface area contributed by atoms with Crippen molar-refractivity contribution in [1.29, 1.82) is 0 Å². The molecule has 6 rings (SSSR count). The zero-order chi connectivity index (χ0) is 44.3. The molecule has 2 aliphatic heterocycles. The number of hydrogen-bond acceptors (Lipinski definition) is 14. The fourth-order valence-corrected chi connectivity index (χ4v) is 7.54. The number of aromatic nitrogens is 6. The lowest BCUT2D eigenvalue weighted by Crippen LogP contribution is -2.38. The average Bonchev–Trinajstić information content (AvgIpc) is 4.03. The van der Waals surface area contributed by atoms with Gasteiger partial charge in [-0.2, -0.15) is 0 Å². The highest BCUT2D eigenvalue weighted by atomic mass is 127. The van der Waals surface area contributed by atoms with Crippen molar-refractivity contribution in [2.75, 3.05) is 33.4 Å². The molecule has 1 N–H and O–H groups in total. The Labute approximate surface area is 399 Å². The number of hydrogen-bond donors (Lipinski definition) is 1. The molecule has 63 heavy (non-hydrogen) atoms. The molecule has 0 aromatic carbocycles. The monoisotopic (exact) mass is 1110 g/mol. The SMILES string of the molecule is C.C.C[C@H](OC1CCCCO1)c1nccn1[C@H](CN(C)C(=O)OC(C)(C)C)c1cc(I)on1.C[C@H](OC1CCCCO1)c1nccn1[C@H](CNC(=O)OC(C)(C)C)c1cc(I)on1. The van der Waals surface area contributed by atoms with E-state index in [0.717, 1.165) is 50.2 Å². The smallest absolute Gasteiger partial charge is 0.410 e. The molecule has 354 valence electrons. The van der Waals surface area contributed by atoms with Gasteiger partial charge >= 0.3 is 12.2 Å². The lowest BCUT2D eigenvalue weighted by molar-refractivity contribution is -0.188. The fraction of sp³-hybridized carbons (Fsp3) is 0.674. The number of carbonyl (C=O) groups is 2. The summed E-state index contributed by atoms with van der Waals surface area (Å²) in [5.41, 5.74) is 0.217. The fourth-order valence-electron chi connectivity index (χ4n) is 6.70. The van der Waals surface area contributed by atoms with Gasteiger partial charge in [-0.05, 0) is 93.9 Å². The standard InChI is InChI=1S/C21H31IN4O5.C20H29IN4O5.2CH4/c1-14(29-18-8-6-7-11-28-18)19-23-9-10-26(19)16(15-12-17(22)31-24-15)13-25(5)20(27)30-21(2,3)4;1-13(28-17-7-5-6-10-27-17)18-22-8-9-25(18)15(14-11-16(21)30-24-14)12-23-19(26)29-20(2,3)4;;/h9-10,12,14,16,18H,6-8,11,13H2,1-5H3;8-9,11,13,15,17H,5-7,10,12H2,1-4H3,(H,23,26);2*1H4/t14-,16+,18?;13-,15+,17?;;/m00../s1. The van der Waals surface area contributed by atoms with Gasteiger partial charge in [0.25, 0.3) is 0 Å². The number of imidazole rings is 2. The van der Waals surface area contributed by atoms with Crippen LogP contribution in [0.15, 0.2) is 46.0 Å². The molecule has 0 aliphatic carbocycles. The maximum atomic E-state index is 12.6. The van der Waals surface area contributed by atoms with Crippen LogP contribution in [0.1, 0.15) is 156 Å². The third-order valence-corrected chi connectivity index (χ3v) is 10.5. The highest BCUT2D eigenvalue weighted by Crippen LogP contribution is 2.30. The second-order valence-electron chi connectivity index (χ2n) is 16.9. The highest BCUT2D eigenvalue weighted by Gasteiger charge is 2.31. The average molecular weight is 1110 g/mol. The first-order chi connectivity index (χ1) is 28.9. The van der Waals surface area contributed by atoms with Crippen LogP contribution in [0, 0.1) is 7.53 Å². The quantitative estimate of drug-likeness (QED) is 0.117. The molecule has 0 spiro atoms. The number of nitrogens with one attached hydrogen (secondary N) is 1. The van der Waals surface area contributed by atoms with Crippen LogP contribution in [0.2, 0.25) is 0 Å². The van der Waals surface area contributed by atoms with Gasteiger partial charge in [0.15, 0.2) is 20.1 Å². The van der Waals surface area contributed by atoms with Crippen molar-refractivity contribution in [2.45, 2.75) is 157 Å². The largest absolute Gasteiger partial charge is 0.444 e. The van der Waals surface area contributed by atoms with Crippen LogP contribution in [0.25, 0.3) is 0 Å². The van der Waals surface area contributed by atoms with E-state index >= 15 is 0 Å². The number of nitrogens with zero attached hydrogens (tertiary/aromatic N) is 7. The van der Waals surface area contributed by atoms with E-state index in [1.54, 1.807) is 19.4 Å². The Kier molecular flexibility index (Phi) is 21.3. The van der Waals surface area contributed by atoms with Gasteiger partial charge in [0.1, 0.15) is 46.4 Å². The molecule has 2 unspecified atom stereocenters. The molecule has 20 heteroatoms. The van der Waals surface area contributed by atoms with E-state index in [4.69, 9.17) is 37.5 Å². The Morgan fingerprint density at radius 2 is 1.24 bits per heavy atom. The molecule has 2 aliphatic rings. The number of ether oxygens (including phenoxy) is 6. The van der Waals surface area contributed by atoms with Crippen LogP contribution in [0.3, 0.4) is 0 Å². The van der Waals surface area contributed by atoms with Crippen molar-refractivity contribution in [3.8, 4) is 0 Å². The number of rotatable bonds is 14. The van der Waals surface area contributed by atoms with E-state index in [1.165, 1.54) is 4.90 Å². The second-order valence-corrected chi connectivity index (χ2v) is 19.0. The van der Waals surface area contributed by atoms with Crippen LogP contribution >= 0.6 is 45.2 Å². The van der Waals surface area contributed by atoms with E-state index in [-0.39, 0.29) is 58.3 Å². The highest BCUT2D eigenvalue weighted by molar-refractivity contribution is 14.1. The van der Waals surface area contributed by atoms with Crippen LogP contribution in [0.4, 0.5) is 9.59 Å². The lowest BCUT2D eigenvalue weighted by Gasteiger charge is -2.29. The molecule has 0 bridgehead atoms. The second kappa shape index (κ2) is 24.8. The Balaban J connectivity index is 0.000000325. The number of amides is 2. The molecule has 0 radical (unpaired) electrons. The van der Waals surface area contributed by atoms with E-state index in [1.807, 2.05) is 89.1 Å². The first-order valence-corrected chi connectivity index (χ1v) is 22.8. The summed E-state index contributed by atoms with van der Waals surface area (Å²) in [5, 5.41) is 11.2. The summed E-state index contributed by atoms with van der Waals surface area (Å²) in [4.78, 5) is 35.4. The maximum absolute atomic E-state index is 12.6. The number of alkyl carbamates (subject to hydrolysis) is 1. The molecule has 4 aromatic rings. The van der Waals surface area contributed by atoms with E-state index in [0.29, 0.717) is 38.7 Å². The molecule has 18 nitrogen and oxygen atoms in total. The van der Waals surface area contributed by atoms with Crippen LogP contribution in [-0.4, -0.2) is 104 Å². The summed E-state index contributed by atoms with van der Waals surface area (Å²) in [7, 11) is 1.71. The van der Waals surface area contributed by atoms with Crippen LogP contribution in [-0.2, 0) is 28.4 Å². The minimum absolute atomic E-state index is 0. The summed E-state index contributed by atoms with van der Waals surface area (Å²) in [5.74, 6) is 1.45. The van der Waals surface area contributed by atoms with Gasteiger partial charge in [0.05, 0.1) is 18.6 Å². The maximum Gasteiger partial charge on any atom is 0.410 e. The van der Waals surface area contributed by atoms with Gasteiger partial charge in [-0.15, -0.1) is 0 Å². The third-order valence-electron chi connectivity index (χ3n) is 9.46. The van der Waals surface area contributed by atoms with Gasteiger partial charge in [0, 0.05) is 109 Å². The van der Waals surface area contributed by atoms with Crippen molar-refractivity contribution in [3.05, 3.63) is 67.5 Å². The minimum Gasteiger partial charge on any atom is -0.444 e. The van der Waals surface area contributed by atoms with E-state index < -0.39 is 23.4 Å². The predicted octanol–water partition coefficient (Wildman–Crippen LogP) is 10.0. The zero-order valence-electron chi connectivity index (χ0n) is 36.5. The lowest BCUT2D eigenvalue weighted by atomic mass is 10.1. The molecule has 4 aromatic heterocycles. The third kappa shape index (κ3) is 16.9. The topological polar surface area (TPSA) is 192 Å². The Morgan fingerprint density at radius 3 is 1.65 bits per heavy atom.